The highest BCUT2D eigenvalue weighted by atomic mass is 16.2. The summed E-state index contributed by atoms with van der Waals surface area (Å²) < 4.78 is 3.43. The van der Waals surface area contributed by atoms with Crippen LogP contribution in [0, 0.1) is 5.41 Å². The molecule has 1 saturated heterocycles. The number of rotatable bonds is 3. The number of aromatic nitrogens is 5. The molecule has 2 aliphatic rings. The van der Waals surface area contributed by atoms with Crippen molar-refractivity contribution in [2.24, 2.45) is 12.5 Å². The van der Waals surface area contributed by atoms with Crippen LogP contribution in [0.5, 0.6) is 0 Å². The van der Waals surface area contributed by atoms with Crippen LogP contribution in [-0.4, -0.2) is 54.5 Å². The maximum atomic E-state index is 13.1. The van der Waals surface area contributed by atoms with Gasteiger partial charge in [0.05, 0.1) is 6.04 Å². The summed E-state index contributed by atoms with van der Waals surface area (Å²) in [4.78, 5) is 32.2. The molecule has 2 atom stereocenters. The zero-order chi connectivity index (χ0) is 21.4. The standard InChI is InChI=1S/C21H24N8O2/c1-27-16(7-10-23-27)19(30)28-11-8-21(13-28)9-12-29-18(22-14-24-29)17(21)26-20(31)25-15-5-3-2-4-6-15/h2-7,10,14,17H,8-9,11-13H2,1H3,(H2,25,26,31)/t17-,21-/m0/s1. The first-order valence-corrected chi connectivity index (χ1v) is 10.3. The van der Waals surface area contributed by atoms with Crippen LogP contribution < -0.4 is 10.6 Å². The highest BCUT2D eigenvalue weighted by molar-refractivity contribution is 5.93. The molecule has 2 aromatic heterocycles. The normalized spacial score (nSPS) is 22.4. The van der Waals surface area contributed by atoms with E-state index in [1.54, 1.807) is 24.0 Å². The lowest BCUT2D eigenvalue weighted by Gasteiger charge is -2.40. The largest absolute Gasteiger partial charge is 0.337 e. The predicted molar refractivity (Wildman–Crippen MR) is 112 cm³/mol. The van der Waals surface area contributed by atoms with Crippen molar-refractivity contribution in [2.45, 2.75) is 25.4 Å². The zero-order valence-electron chi connectivity index (χ0n) is 17.2. The van der Waals surface area contributed by atoms with Crippen LogP contribution in [0.4, 0.5) is 10.5 Å². The molecule has 1 fully saturated rings. The molecule has 160 valence electrons. The minimum absolute atomic E-state index is 0.0450. The van der Waals surface area contributed by atoms with Crippen molar-refractivity contribution in [3.8, 4) is 0 Å². The lowest BCUT2D eigenvalue weighted by Crippen LogP contribution is -2.49. The Balaban J connectivity index is 1.39. The van der Waals surface area contributed by atoms with Crippen molar-refractivity contribution in [3.05, 3.63) is 60.4 Å². The molecule has 4 heterocycles. The first kappa shape index (κ1) is 19.3. The quantitative estimate of drug-likeness (QED) is 0.672. The average Bonchev–Trinajstić information content (AvgIpc) is 3.51. The van der Waals surface area contributed by atoms with E-state index in [0.717, 1.165) is 18.7 Å². The van der Waals surface area contributed by atoms with E-state index in [1.807, 2.05) is 39.9 Å². The Morgan fingerprint density at radius 3 is 2.68 bits per heavy atom. The number of para-hydroxylation sites is 1. The molecule has 3 amide bonds. The highest BCUT2D eigenvalue weighted by Gasteiger charge is 2.51. The van der Waals surface area contributed by atoms with E-state index in [1.165, 1.54) is 6.33 Å². The fourth-order valence-electron chi connectivity index (χ4n) is 4.71. The maximum Gasteiger partial charge on any atom is 0.319 e. The van der Waals surface area contributed by atoms with Gasteiger partial charge in [0.25, 0.3) is 5.91 Å². The molecular formula is C21H24N8O2. The van der Waals surface area contributed by atoms with Crippen LogP contribution in [0.2, 0.25) is 0 Å². The number of likely N-dealkylation sites (tertiary alicyclic amines) is 1. The number of hydrogen-bond donors (Lipinski definition) is 2. The second-order valence-electron chi connectivity index (χ2n) is 8.17. The fourth-order valence-corrected chi connectivity index (χ4v) is 4.71. The van der Waals surface area contributed by atoms with E-state index in [2.05, 4.69) is 25.8 Å². The summed E-state index contributed by atoms with van der Waals surface area (Å²) in [6.07, 6.45) is 4.72. The van der Waals surface area contributed by atoms with E-state index < -0.39 is 0 Å². The Hall–Kier alpha value is -3.69. The van der Waals surface area contributed by atoms with Gasteiger partial charge in [-0.1, -0.05) is 18.2 Å². The molecular weight excluding hydrogens is 396 g/mol. The van der Waals surface area contributed by atoms with Crippen molar-refractivity contribution in [2.75, 3.05) is 18.4 Å². The number of anilines is 1. The molecule has 5 rings (SSSR count). The number of carbonyl (C=O) groups is 2. The minimum Gasteiger partial charge on any atom is -0.337 e. The molecule has 2 aliphatic heterocycles. The summed E-state index contributed by atoms with van der Waals surface area (Å²) in [5.74, 6) is 0.681. The molecule has 0 radical (unpaired) electrons. The average molecular weight is 420 g/mol. The van der Waals surface area contributed by atoms with Crippen molar-refractivity contribution in [1.29, 1.82) is 0 Å². The lowest BCUT2D eigenvalue weighted by atomic mass is 9.74. The van der Waals surface area contributed by atoms with Gasteiger partial charge in [-0.25, -0.2) is 14.5 Å². The van der Waals surface area contributed by atoms with Crippen LogP contribution in [-0.2, 0) is 13.6 Å². The number of benzene rings is 1. The maximum absolute atomic E-state index is 13.1. The Morgan fingerprint density at radius 1 is 1.10 bits per heavy atom. The number of aryl methyl sites for hydroxylation is 2. The molecule has 0 bridgehead atoms. The monoisotopic (exact) mass is 420 g/mol. The van der Waals surface area contributed by atoms with Crippen LogP contribution in [0.3, 0.4) is 0 Å². The van der Waals surface area contributed by atoms with Crippen LogP contribution in [0.1, 0.15) is 35.2 Å². The van der Waals surface area contributed by atoms with Gasteiger partial charge < -0.3 is 15.5 Å². The van der Waals surface area contributed by atoms with Gasteiger partial charge in [-0.2, -0.15) is 10.2 Å². The van der Waals surface area contributed by atoms with E-state index in [0.29, 0.717) is 31.0 Å². The topological polar surface area (TPSA) is 110 Å². The molecule has 1 spiro atoms. The van der Waals surface area contributed by atoms with E-state index in [-0.39, 0.29) is 23.4 Å². The summed E-state index contributed by atoms with van der Waals surface area (Å²) in [7, 11) is 1.76. The number of carbonyl (C=O) groups excluding carboxylic acids is 2. The Kier molecular flexibility index (Phi) is 4.68. The second-order valence-corrected chi connectivity index (χ2v) is 8.17. The summed E-state index contributed by atoms with van der Waals surface area (Å²) in [6.45, 7) is 1.87. The van der Waals surface area contributed by atoms with Gasteiger partial charge in [0.2, 0.25) is 0 Å². The number of fused-ring (bicyclic) bond motifs is 1. The second kappa shape index (κ2) is 7.53. The first-order valence-electron chi connectivity index (χ1n) is 10.3. The van der Waals surface area contributed by atoms with Gasteiger partial charge in [-0.3, -0.25) is 9.48 Å². The predicted octanol–water partition coefficient (Wildman–Crippen LogP) is 1.81. The van der Waals surface area contributed by atoms with E-state index in [9.17, 15) is 9.59 Å². The molecule has 31 heavy (non-hydrogen) atoms. The molecule has 1 aromatic carbocycles. The Morgan fingerprint density at radius 2 is 1.90 bits per heavy atom. The van der Waals surface area contributed by atoms with Crippen molar-refractivity contribution in [1.82, 2.24) is 34.8 Å². The SMILES string of the molecule is Cn1nccc1C(=O)N1CC[C@]2(CCn3ncnc3[C@@H]2NC(=O)Nc2ccccc2)C1. The Labute approximate surface area is 179 Å². The Bertz CT molecular complexity index is 1110. The summed E-state index contributed by atoms with van der Waals surface area (Å²) in [5.41, 5.74) is 0.971. The first-order chi connectivity index (χ1) is 15.1. The lowest BCUT2D eigenvalue weighted by molar-refractivity contribution is 0.0724. The third-order valence-electron chi connectivity index (χ3n) is 6.36. The number of hydrogen-bond acceptors (Lipinski definition) is 5. The van der Waals surface area contributed by atoms with Crippen molar-refractivity contribution >= 4 is 17.6 Å². The summed E-state index contributed by atoms with van der Waals surface area (Å²) in [5, 5.41) is 14.4. The zero-order valence-corrected chi connectivity index (χ0v) is 17.2. The third kappa shape index (κ3) is 3.43. The van der Waals surface area contributed by atoms with Gasteiger partial charge >= 0.3 is 6.03 Å². The van der Waals surface area contributed by atoms with Crippen LogP contribution >= 0.6 is 0 Å². The molecule has 10 heteroatoms. The van der Waals surface area contributed by atoms with Gasteiger partial charge in [-0.05, 0) is 31.0 Å². The molecule has 10 nitrogen and oxygen atoms in total. The molecule has 0 saturated carbocycles. The van der Waals surface area contributed by atoms with Gasteiger partial charge in [0, 0.05) is 44.0 Å². The number of amides is 3. The molecule has 0 unspecified atom stereocenters. The summed E-state index contributed by atoms with van der Waals surface area (Å²) >= 11 is 0. The number of nitrogens with one attached hydrogen (secondary N) is 2. The number of urea groups is 1. The van der Waals surface area contributed by atoms with E-state index in [4.69, 9.17) is 0 Å². The molecule has 2 N–H and O–H groups in total. The number of nitrogens with zero attached hydrogens (tertiary/aromatic N) is 6. The van der Waals surface area contributed by atoms with Gasteiger partial charge in [-0.15, -0.1) is 0 Å². The van der Waals surface area contributed by atoms with E-state index >= 15 is 0 Å². The highest BCUT2D eigenvalue weighted by Crippen LogP contribution is 2.47. The smallest absolute Gasteiger partial charge is 0.319 e. The minimum atomic E-state index is -0.350. The van der Waals surface area contributed by atoms with Crippen LogP contribution in [0.25, 0.3) is 0 Å². The van der Waals surface area contributed by atoms with Crippen molar-refractivity contribution < 1.29 is 9.59 Å². The molecule has 0 aliphatic carbocycles. The van der Waals surface area contributed by atoms with Crippen LogP contribution in [0.15, 0.2) is 48.9 Å². The fraction of sp³-hybridized carbons (Fsp3) is 0.381. The van der Waals surface area contributed by atoms with Gasteiger partial charge in [0.1, 0.15) is 17.8 Å². The molecule has 3 aromatic rings. The third-order valence-corrected chi connectivity index (χ3v) is 6.36. The van der Waals surface area contributed by atoms with Crippen molar-refractivity contribution in [3.63, 3.8) is 0 Å². The van der Waals surface area contributed by atoms with Gasteiger partial charge in [0.15, 0.2) is 0 Å². The summed E-state index contributed by atoms with van der Waals surface area (Å²) in [6, 6.07) is 10.4.